The first-order valence-corrected chi connectivity index (χ1v) is 5.88. The van der Waals surface area contributed by atoms with Crippen LogP contribution in [-0.4, -0.2) is 25.3 Å². The molecular weight excluding hydrogens is 174 g/mol. The summed E-state index contributed by atoms with van der Waals surface area (Å²) >= 11 is 0. The summed E-state index contributed by atoms with van der Waals surface area (Å²) in [5, 5.41) is 3.31. The van der Waals surface area contributed by atoms with Gasteiger partial charge in [0, 0.05) is 6.54 Å². The Kier molecular flexibility index (Phi) is 2.61. The standard InChI is InChI=1S/C12H23NO/c1-11(2)5-4-10(14-11)8-12(6-7-12)9-13-3/h10,13H,4-9H2,1-3H3. The lowest BCUT2D eigenvalue weighted by Gasteiger charge is -2.23. The van der Waals surface area contributed by atoms with Gasteiger partial charge in [0.1, 0.15) is 0 Å². The lowest BCUT2D eigenvalue weighted by Crippen LogP contribution is -2.26. The van der Waals surface area contributed by atoms with Crippen molar-refractivity contribution in [2.75, 3.05) is 13.6 Å². The van der Waals surface area contributed by atoms with Crippen LogP contribution in [-0.2, 0) is 4.74 Å². The summed E-state index contributed by atoms with van der Waals surface area (Å²) in [6.07, 6.45) is 7.09. The van der Waals surface area contributed by atoms with Crippen LogP contribution in [0.15, 0.2) is 0 Å². The van der Waals surface area contributed by atoms with E-state index in [1.165, 1.54) is 38.6 Å². The highest BCUT2D eigenvalue weighted by Crippen LogP contribution is 2.51. The van der Waals surface area contributed by atoms with Crippen molar-refractivity contribution in [3.63, 3.8) is 0 Å². The maximum Gasteiger partial charge on any atom is 0.0631 e. The molecule has 2 rings (SSSR count). The molecular formula is C12H23NO. The molecule has 1 N–H and O–H groups in total. The third-order valence-electron chi connectivity index (χ3n) is 3.72. The van der Waals surface area contributed by atoms with Gasteiger partial charge in [0.2, 0.25) is 0 Å². The first-order chi connectivity index (χ1) is 6.55. The lowest BCUT2D eigenvalue weighted by molar-refractivity contribution is -0.0262. The van der Waals surface area contributed by atoms with Crippen LogP contribution >= 0.6 is 0 Å². The van der Waals surface area contributed by atoms with Crippen molar-refractivity contribution >= 4 is 0 Å². The first kappa shape index (κ1) is 10.4. The fourth-order valence-corrected chi connectivity index (χ4v) is 2.71. The van der Waals surface area contributed by atoms with E-state index < -0.39 is 0 Å². The zero-order valence-electron chi connectivity index (χ0n) is 9.73. The Morgan fingerprint density at radius 2 is 2.00 bits per heavy atom. The summed E-state index contributed by atoms with van der Waals surface area (Å²) in [6, 6.07) is 0. The van der Waals surface area contributed by atoms with Gasteiger partial charge >= 0.3 is 0 Å². The Labute approximate surface area is 87.4 Å². The summed E-state index contributed by atoms with van der Waals surface area (Å²) in [4.78, 5) is 0. The third-order valence-corrected chi connectivity index (χ3v) is 3.72. The molecule has 1 saturated heterocycles. The molecule has 0 radical (unpaired) electrons. The van der Waals surface area contributed by atoms with Gasteiger partial charge in [0.25, 0.3) is 0 Å². The second kappa shape index (κ2) is 3.49. The minimum Gasteiger partial charge on any atom is -0.372 e. The predicted octanol–water partition coefficient (Wildman–Crippen LogP) is 2.33. The molecule has 0 aromatic rings. The Balaban J connectivity index is 1.82. The van der Waals surface area contributed by atoms with Gasteiger partial charge in [-0.05, 0) is 58.4 Å². The van der Waals surface area contributed by atoms with Crippen LogP contribution in [0.5, 0.6) is 0 Å². The molecule has 82 valence electrons. The second-order valence-electron chi connectivity index (χ2n) is 5.77. The highest BCUT2D eigenvalue weighted by molar-refractivity contribution is 4.98. The molecule has 2 fully saturated rings. The van der Waals surface area contributed by atoms with Gasteiger partial charge in [0.05, 0.1) is 11.7 Å². The molecule has 2 heteroatoms. The van der Waals surface area contributed by atoms with E-state index in [0.717, 1.165) is 0 Å². The molecule has 0 aromatic heterocycles. The third kappa shape index (κ3) is 2.29. The molecule has 0 amide bonds. The SMILES string of the molecule is CNCC1(CC2CCC(C)(C)O2)CC1. The Bertz CT molecular complexity index is 208. The van der Waals surface area contributed by atoms with Gasteiger partial charge in [-0.3, -0.25) is 0 Å². The Hall–Kier alpha value is -0.0800. The zero-order chi connectivity index (χ0) is 10.2. The normalized spacial score (nSPS) is 33.2. The summed E-state index contributed by atoms with van der Waals surface area (Å²) in [7, 11) is 2.06. The van der Waals surface area contributed by atoms with Crippen molar-refractivity contribution in [2.45, 2.75) is 57.7 Å². The van der Waals surface area contributed by atoms with E-state index in [1.54, 1.807) is 0 Å². The van der Waals surface area contributed by atoms with Gasteiger partial charge in [0.15, 0.2) is 0 Å². The fraction of sp³-hybridized carbons (Fsp3) is 1.00. The molecule has 2 nitrogen and oxygen atoms in total. The van der Waals surface area contributed by atoms with Gasteiger partial charge in [-0.1, -0.05) is 0 Å². The van der Waals surface area contributed by atoms with Crippen LogP contribution in [0.25, 0.3) is 0 Å². The molecule has 1 unspecified atom stereocenters. The molecule has 2 aliphatic rings. The van der Waals surface area contributed by atoms with Crippen LogP contribution < -0.4 is 5.32 Å². The monoisotopic (exact) mass is 197 g/mol. The topological polar surface area (TPSA) is 21.3 Å². The highest BCUT2D eigenvalue weighted by Gasteiger charge is 2.45. The molecule has 1 aliphatic carbocycles. The second-order valence-corrected chi connectivity index (χ2v) is 5.77. The molecule has 1 saturated carbocycles. The zero-order valence-corrected chi connectivity index (χ0v) is 9.73. The molecule has 14 heavy (non-hydrogen) atoms. The lowest BCUT2D eigenvalue weighted by atomic mass is 9.96. The smallest absolute Gasteiger partial charge is 0.0631 e. The van der Waals surface area contributed by atoms with Crippen molar-refractivity contribution in [3.8, 4) is 0 Å². The van der Waals surface area contributed by atoms with Crippen LogP contribution in [0.4, 0.5) is 0 Å². The van der Waals surface area contributed by atoms with Crippen LogP contribution in [0.1, 0.15) is 46.0 Å². The van der Waals surface area contributed by atoms with Crippen molar-refractivity contribution in [3.05, 3.63) is 0 Å². The average molecular weight is 197 g/mol. The van der Waals surface area contributed by atoms with E-state index in [2.05, 4.69) is 26.2 Å². The summed E-state index contributed by atoms with van der Waals surface area (Å²) in [5.74, 6) is 0. The van der Waals surface area contributed by atoms with E-state index in [9.17, 15) is 0 Å². The Morgan fingerprint density at radius 1 is 1.29 bits per heavy atom. The molecule has 0 bridgehead atoms. The van der Waals surface area contributed by atoms with Gasteiger partial charge in [-0.25, -0.2) is 0 Å². The maximum atomic E-state index is 6.04. The van der Waals surface area contributed by atoms with Crippen LogP contribution in [0, 0.1) is 5.41 Å². The van der Waals surface area contributed by atoms with Gasteiger partial charge in [-0.15, -0.1) is 0 Å². The van der Waals surface area contributed by atoms with Crippen molar-refractivity contribution in [1.29, 1.82) is 0 Å². The van der Waals surface area contributed by atoms with Crippen molar-refractivity contribution in [1.82, 2.24) is 5.32 Å². The Morgan fingerprint density at radius 3 is 2.43 bits per heavy atom. The molecule has 0 aromatic carbocycles. The quantitative estimate of drug-likeness (QED) is 0.747. The molecule has 1 aliphatic heterocycles. The van der Waals surface area contributed by atoms with E-state index >= 15 is 0 Å². The van der Waals surface area contributed by atoms with E-state index in [-0.39, 0.29) is 5.60 Å². The summed E-state index contributed by atoms with van der Waals surface area (Å²) < 4.78 is 6.04. The number of ether oxygens (including phenoxy) is 1. The number of hydrogen-bond donors (Lipinski definition) is 1. The predicted molar refractivity (Wildman–Crippen MR) is 58.4 cm³/mol. The van der Waals surface area contributed by atoms with E-state index in [4.69, 9.17) is 4.74 Å². The minimum absolute atomic E-state index is 0.139. The number of rotatable bonds is 4. The largest absolute Gasteiger partial charge is 0.372 e. The summed E-state index contributed by atoms with van der Waals surface area (Å²) in [5.41, 5.74) is 0.736. The van der Waals surface area contributed by atoms with Crippen molar-refractivity contribution < 1.29 is 4.74 Å². The van der Waals surface area contributed by atoms with Crippen LogP contribution in [0.2, 0.25) is 0 Å². The molecule has 1 heterocycles. The minimum atomic E-state index is 0.139. The van der Waals surface area contributed by atoms with Crippen LogP contribution in [0.3, 0.4) is 0 Å². The number of nitrogens with one attached hydrogen (secondary N) is 1. The highest BCUT2D eigenvalue weighted by atomic mass is 16.5. The first-order valence-electron chi connectivity index (χ1n) is 5.88. The summed E-state index contributed by atoms with van der Waals surface area (Å²) in [6.45, 7) is 5.60. The van der Waals surface area contributed by atoms with Gasteiger partial charge in [-0.2, -0.15) is 0 Å². The fourth-order valence-electron chi connectivity index (χ4n) is 2.71. The van der Waals surface area contributed by atoms with E-state index in [1.807, 2.05) is 0 Å². The molecule has 1 atom stereocenters. The van der Waals surface area contributed by atoms with Gasteiger partial charge < -0.3 is 10.1 Å². The van der Waals surface area contributed by atoms with Crippen molar-refractivity contribution in [2.24, 2.45) is 5.41 Å². The average Bonchev–Trinajstić information content (AvgIpc) is 2.73. The maximum absolute atomic E-state index is 6.04. The number of hydrogen-bond acceptors (Lipinski definition) is 2. The molecule has 0 spiro atoms. The van der Waals surface area contributed by atoms with E-state index in [0.29, 0.717) is 11.5 Å².